The van der Waals surface area contributed by atoms with Gasteiger partial charge in [-0.2, -0.15) is 0 Å². The zero-order chi connectivity index (χ0) is 15.9. The van der Waals surface area contributed by atoms with E-state index in [0.717, 1.165) is 18.4 Å². The van der Waals surface area contributed by atoms with Crippen LogP contribution in [0.25, 0.3) is 0 Å². The minimum absolute atomic E-state index is 0.187. The van der Waals surface area contributed by atoms with Crippen LogP contribution < -0.4 is 0 Å². The highest BCUT2D eigenvalue weighted by molar-refractivity contribution is 5.70. The van der Waals surface area contributed by atoms with Gasteiger partial charge in [-0.05, 0) is 18.1 Å². The molecule has 0 aliphatic carbocycles. The van der Waals surface area contributed by atoms with Gasteiger partial charge in [0, 0.05) is 0 Å². The summed E-state index contributed by atoms with van der Waals surface area (Å²) in [7, 11) is 0. The molecular weight excluding hydrogens is 276 g/mol. The van der Waals surface area contributed by atoms with Crippen molar-refractivity contribution in [1.82, 2.24) is 0 Å². The van der Waals surface area contributed by atoms with Gasteiger partial charge < -0.3 is 9.47 Å². The van der Waals surface area contributed by atoms with E-state index in [2.05, 4.69) is 6.92 Å². The second-order valence-electron chi connectivity index (χ2n) is 5.36. The molecule has 0 heterocycles. The Bertz CT molecular complexity index is 412. The van der Waals surface area contributed by atoms with Gasteiger partial charge in [0.15, 0.2) is 0 Å². The molecule has 1 rings (SSSR count). The van der Waals surface area contributed by atoms with Gasteiger partial charge in [-0.15, -0.1) is 0 Å². The van der Waals surface area contributed by atoms with Crippen molar-refractivity contribution >= 4 is 5.97 Å². The van der Waals surface area contributed by atoms with E-state index in [9.17, 15) is 4.79 Å². The van der Waals surface area contributed by atoms with Gasteiger partial charge in [0.25, 0.3) is 0 Å². The number of benzene rings is 1. The van der Waals surface area contributed by atoms with Crippen LogP contribution in [0.3, 0.4) is 0 Å². The van der Waals surface area contributed by atoms with E-state index >= 15 is 0 Å². The number of carbonyl (C=O) groups is 1. The Morgan fingerprint density at radius 3 is 2.55 bits per heavy atom. The summed E-state index contributed by atoms with van der Waals surface area (Å²) >= 11 is 0. The Morgan fingerprint density at radius 1 is 1.05 bits per heavy atom. The maximum Gasteiger partial charge on any atom is 0.309 e. The minimum Gasteiger partial charge on any atom is -0.497 e. The Hall–Kier alpha value is -1.77. The van der Waals surface area contributed by atoms with Crippen LogP contribution in [-0.4, -0.2) is 12.6 Å². The molecule has 1 aromatic carbocycles. The summed E-state index contributed by atoms with van der Waals surface area (Å²) in [4.78, 5) is 11.5. The molecule has 0 radical (unpaired) electrons. The lowest BCUT2D eigenvalue weighted by Gasteiger charge is -2.03. The third-order valence-corrected chi connectivity index (χ3v) is 3.33. The monoisotopic (exact) mass is 304 g/mol. The molecule has 0 aliphatic rings. The summed E-state index contributed by atoms with van der Waals surface area (Å²) in [6, 6.07) is 9.93. The van der Waals surface area contributed by atoms with E-state index in [-0.39, 0.29) is 12.4 Å². The van der Waals surface area contributed by atoms with Gasteiger partial charge in [0.1, 0.15) is 6.61 Å². The van der Waals surface area contributed by atoms with Crippen molar-refractivity contribution in [2.45, 2.75) is 58.5 Å². The molecule has 0 amide bonds. The smallest absolute Gasteiger partial charge is 0.309 e. The molecule has 3 heteroatoms. The molecule has 0 spiro atoms. The number of rotatable bonds is 12. The first-order valence-corrected chi connectivity index (χ1v) is 8.29. The molecule has 0 saturated carbocycles. The summed E-state index contributed by atoms with van der Waals surface area (Å²) in [5.41, 5.74) is 1.11. The fourth-order valence-electron chi connectivity index (χ4n) is 2.06. The molecule has 0 saturated heterocycles. The van der Waals surface area contributed by atoms with Crippen LogP contribution in [0.1, 0.15) is 57.4 Å². The predicted octanol–water partition coefficient (Wildman–Crippen LogP) is 5.01. The van der Waals surface area contributed by atoms with E-state index in [1.54, 1.807) is 12.3 Å². The first-order valence-electron chi connectivity index (χ1n) is 8.29. The third-order valence-electron chi connectivity index (χ3n) is 3.33. The van der Waals surface area contributed by atoms with E-state index in [1.807, 2.05) is 30.3 Å². The lowest BCUT2D eigenvalue weighted by Crippen LogP contribution is -2.04. The molecule has 122 valence electrons. The molecule has 0 aliphatic heterocycles. The van der Waals surface area contributed by atoms with Gasteiger partial charge in [0.05, 0.1) is 19.3 Å². The first-order chi connectivity index (χ1) is 10.8. The van der Waals surface area contributed by atoms with Crippen molar-refractivity contribution in [3.63, 3.8) is 0 Å². The minimum atomic E-state index is -0.187. The number of carbonyl (C=O) groups excluding carboxylic acids is 1. The van der Waals surface area contributed by atoms with Crippen LogP contribution >= 0.6 is 0 Å². The van der Waals surface area contributed by atoms with Crippen LogP contribution in [0.2, 0.25) is 0 Å². The summed E-state index contributed by atoms with van der Waals surface area (Å²) < 4.78 is 10.5. The standard InChI is InChI=1S/C19H28O3/c1-2-3-4-5-6-10-16-22-19(20)14-11-15-21-17-18-12-8-7-9-13-18/h7-9,11-13,15H,2-6,10,14,16-17H2,1H3/b15-11-. The van der Waals surface area contributed by atoms with Gasteiger partial charge >= 0.3 is 5.97 Å². The van der Waals surface area contributed by atoms with Crippen LogP contribution in [0.4, 0.5) is 0 Å². The highest BCUT2D eigenvalue weighted by Gasteiger charge is 1.99. The zero-order valence-electron chi connectivity index (χ0n) is 13.6. The number of esters is 1. The fourth-order valence-corrected chi connectivity index (χ4v) is 2.06. The molecular formula is C19H28O3. The van der Waals surface area contributed by atoms with Gasteiger partial charge in [-0.25, -0.2) is 0 Å². The maximum atomic E-state index is 11.5. The van der Waals surface area contributed by atoms with Crippen molar-refractivity contribution in [3.05, 3.63) is 48.2 Å². The normalized spacial score (nSPS) is 10.8. The highest BCUT2D eigenvalue weighted by atomic mass is 16.5. The number of hydrogen-bond donors (Lipinski definition) is 0. The average molecular weight is 304 g/mol. The van der Waals surface area contributed by atoms with Gasteiger partial charge in [-0.1, -0.05) is 69.4 Å². The Balaban J connectivity index is 1.95. The number of hydrogen-bond acceptors (Lipinski definition) is 3. The van der Waals surface area contributed by atoms with Gasteiger partial charge in [-0.3, -0.25) is 4.79 Å². The van der Waals surface area contributed by atoms with Crippen molar-refractivity contribution in [2.75, 3.05) is 6.61 Å². The Labute approximate surface area is 134 Å². The zero-order valence-corrected chi connectivity index (χ0v) is 13.6. The molecule has 0 bridgehead atoms. The summed E-state index contributed by atoms with van der Waals surface area (Å²) in [5, 5.41) is 0. The largest absolute Gasteiger partial charge is 0.497 e. The molecule has 22 heavy (non-hydrogen) atoms. The Kier molecular flexibility index (Phi) is 10.7. The average Bonchev–Trinajstić information content (AvgIpc) is 2.54. The van der Waals surface area contributed by atoms with E-state index < -0.39 is 0 Å². The fraction of sp³-hybridized carbons (Fsp3) is 0.526. The molecule has 3 nitrogen and oxygen atoms in total. The van der Waals surface area contributed by atoms with Crippen molar-refractivity contribution in [3.8, 4) is 0 Å². The lowest BCUT2D eigenvalue weighted by atomic mass is 10.1. The van der Waals surface area contributed by atoms with Crippen LogP contribution in [0.15, 0.2) is 42.7 Å². The van der Waals surface area contributed by atoms with Gasteiger partial charge in [0.2, 0.25) is 0 Å². The van der Waals surface area contributed by atoms with Crippen LogP contribution in [0.5, 0.6) is 0 Å². The summed E-state index contributed by atoms with van der Waals surface area (Å²) in [6.45, 7) is 3.26. The molecule has 0 N–H and O–H groups in total. The summed E-state index contributed by atoms with van der Waals surface area (Å²) in [6.07, 6.45) is 10.7. The Morgan fingerprint density at radius 2 is 1.77 bits per heavy atom. The van der Waals surface area contributed by atoms with Crippen molar-refractivity contribution < 1.29 is 14.3 Å². The van der Waals surface area contributed by atoms with Crippen molar-refractivity contribution in [1.29, 1.82) is 0 Å². The molecule has 0 aromatic heterocycles. The van der Waals surface area contributed by atoms with Crippen LogP contribution in [-0.2, 0) is 20.9 Å². The van der Waals surface area contributed by atoms with E-state index in [4.69, 9.17) is 9.47 Å². The van der Waals surface area contributed by atoms with Crippen LogP contribution in [0, 0.1) is 0 Å². The maximum absolute atomic E-state index is 11.5. The third kappa shape index (κ3) is 10.0. The first kappa shape index (κ1) is 18.3. The predicted molar refractivity (Wildman–Crippen MR) is 89.3 cm³/mol. The highest BCUT2D eigenvalue weighted by Crippen LogP contribution is 2.05. The second-order valence-corrected chi connectivity index (χ2v) is 5.36. The second kappa shape index (κ2) is 12.9. The topological polar surface area (TPSA) is 35.5 Å². The summed E-state index contributed by atoms with van der Waals surface area (Å²) in [5.74, 6) is -0.187. The molecule has 0 fully saturated rings. The number of ether oxygens (including phenoxy) is 2. The molecule has 0 unspecified atom stereocenters. The molecule has 1 aromatic rings. The molecule has 0 atom stereocenters. The van der Waals surface area contributed by atoms with E-state index in [1.165, 1.54) is 25.7 Å². The lowest BCUT2D eigenvalue weighted by molar-refractivity contribution is -0.142. The number of unbranched alkanes of at least 4 members (excludes halogenated alkanes) is 5. The van der Waals surface area contributed by atoms with Crippen molar-refractivity contribution in [2.24, 2.45) is 0 Å². The van der Waals surface area contributed by atoms with E-state index in [0.29, 0.717) is 13.2 Å². The quantitative estimate of drug-likeness (QED) is 0.309. The SMILES string of the molecule is CCCCCCCCOC(=O)C/C=C\OCc1ccccc1.